The summed E-state index contributed by atoms with van der Waals surface area (Å²) in [5, 5.41) is 2.47. The molecule has 1 aromatic heterocycles. The third-order valence-electron chi connectivity index (χ3n) is 3.79. The maximum Gasteiger partial charge on any atom is 0.228 e. The number of nitrogen functional groups attached to an aromatic ring is 1. The number of pyridine rings is 1. The van der Waals surface area contributed by atoms with Crippen LogP contribution in [-0.4, -0.2) is 10.9 Å². The standard InChI is InChI=1S/C16H15F2N3O/c1-8-2-3-20-14(4-8)9-5-10(9)16(22)21-15-7-13(19)11(17)6-12(15)18/h2-4,6-7,9-10H,5,19H2,1H3,(H,21,22)/t9?,10-/m0/s1. The molecule has 3 N–H and O–H groups in total. The lowest BCUT2D eigenvalue weighted by Gasteiger charge is -2.08. The number of halogens is 2. The van der Waals surface area contributed by atoms with Crippen molar-refractivity contribution in [2.24, 2.45) is 5.92 Å². The molecule has 1 aliphatic rings. The van der Waals surface area contributed by atoms with Crippen molar-refractivity contribution < 1.29 is 13.6 Å². The van der Waals surface area contributed by atoms with Crippen molar-refractivity contribution in [2.45, 2.75) is 19.3 Å². The summed E-state index contributed by atoms with van der Waals surface area (Å²) in [5.74, 6) is -2.20. The molecule has 1 unspecified atom stereocenters. The van der Waals surface area contributed by atoms with Gasteiger partial charge in [0.05, 0.1) is 11.4 Å². The van der Waals surface area contributed by atoms with Crippen LogP contribution in [0.1, 0.15) is 23.6 Å². The van der Waals surface area contributed by atoms with E-state index in [1.54, 1.807) is 6.20 Å². The van der Waals surface area contributed by atoms with Crippen LogP contribution in [0.4, 0.5) is 20.2 Å². The van der Waals surface area contributed by atoms with E-state index in [4.69, 9.17) is 5.73 Å². The van der Waals surface area contributed by atoms with Crippen LogP contribution >= 0.6 is 0 Å². The van der Waals surface area contributed by atoms with Crippen molar-refractivity contribution in [3.05, 3.63) is 53.4 Å². The molecule has 1 heterocycles. The largest absolute Gasteiger partial charge is 0.396 e. The zero-order chi connectivity index (χ0) is 15.9. The molecule has 1 amide bonds. The van der Waals surface area contributed by atoms with Gasteiger partial charge in [0.2, 0.25) is 5.91 Å². The van der Waals surface area contributed by atoms with Crippen molar-refractivity contribution in [3.8, 4) is 0 Å². The molecule has 4 nitrogen and oxygen atoms in total. The number of hydrogen-bond acceptors (Lipinski definition) is 3. The van der Waals surface area contributed by atoms with E-state index in [2.05, 4.69) is 10.3 Å². The Bertz CT molecular complexity index is 748. The van der Waals surface area contributed by atoms with Gasteiger partial charge in [0.15, 0.2) is 0 Å². The third-order valence-corrected chi connectivity index (χ3v) is 3.79. The summed E-state index contributed by atoms with van der Waals surface area (Å²) in [7, 11) is 0. The van der Waals surface area contributed by atoms with E-state index in [1.165, 1.54) is 0 Å². The minimum absolute atomic E-state index is 0.0424. The van der Waals surface area contributed by atoms with E-state index in [0.29, 0.717) is 12.5 Å². The Morgan fingerprint density at radius 2 is 2.09 bits per heavy atom. The van der Waals surface area contributed by atoms with E-state index in [-0.39, 0.29) is 29.1 Å². The number of aryl methyl sites for hydroxylation is 1. The summed E-state index contributed by atoms with van der Waals surface area (Å²) in [6.45, 7) is 1.96. The van der Waals surface area contributed by atoms with Gasteiger partial charge >= 0.3 is 0 Å². The molecule has 1 aromatic carbocycles. The van der Waals surface area contributed by atoms with Gasteiger partial charge in [-0.1, -0.05) is 0 Å². The Balaban J connectivity index is 1.71. The van der Waals surface area contributed by atoms with Gasteiger partial charge < -0.3 is 11.1 Å². The van der Waals surface area contributed by atoms with Crippen LogP contribution in [0.5, 0.6) is 0 Å². The number of nitrogens with two attached hydrogens (primary N) is 1. The summed E-state index contributed by atoms with van der Waals surface area (Å²) in [4.78, 5) is 16.4. The van der Waals surface area contributed by atoms with Gasteiger partial charge in [-0.3, -0.25) is 9.78 Å². The smallest absolute Gasteiger partial charge is 0.228 e. The lowest BCUT2D eigenvalue weighted by molar-refractivity contribution is -0.117. The molecular formula is C16H15F2N3O. The maximum atomic E-state index is 13.6. The quantitative estimate of drug-likeness (QED) is 0.857. The predicted octanol–water partition coefficient (Wildman–Crippen LogP) is 2.99. The first-order chi connectivity index (χ1) is 10.5. The van der Waals surface area contributed by atoms with Crippen LogP contribution in [0.25, 0.3) is 0 Å². The fourth-order valence-electron chi connectivity index (χ4n) is 2.46. The second-order valence-electron chi connectivity index (χ2n) is 5.55. The molecule has 3 rings (SSSR count). The predicted molar refractivity (Wildman–Crippen MR) is 79.2 cm³/mol. The van der Waals surface area contributed by atoms with Crippen LogP contribution in [0.3, 0.4) is 0 Å². The number of anilines is 2. The molecule has 2 aromatic rings. The summed E-state index contributed by atoms with van der Waals surface area (Å²) in [5.41, 5.74) is 7.02. The lowest BCUT2D eigenvalue weighted by atomic mass is 10.1. The van der Waals surface area contributed by atoms with Crippen molar-refractivity contribution in [3.63, 3.8) is 0 Å². The number of nitrogens with zero attached hydrogens (tertiary/aromatic N) is 1. The molecule has 0 radical (unpaired) electrons. The molecule has 6 heteroatoms. The fraction of sp³-hybridized carbons (Fsp3) is 0.250. The Labute approximate surface area is 126 Å². The molecule has 0 spiro atoms. The zero-order valence-electron chi connectivity index (χ0n) is 11.9. The first kappa shape index (κ1) is 14.4. The number of aromatic nitrogens is 1. The first-order valence-corrected chi connectivity index (χ1v) is 6.93. The second-order valence-corrected chi connectivity index (χ2v) is 5.55. The average Bonchev–Trinajstić information content (AvgIpc) is 3.25. The number of carbonyl (C=O) groups excluding carboxylic acids is 1. The normalized spacial score (nSPS) is 19.8. The molecular weight excluding hydrogens is 288 g/mol. The molecule has 114 valence electrons. The van der Waals surface area contributed by atoms with Crippen LogP contribution < -0.4 is 11.1 Å². The van der Waals surface area contributed by atoms with Gasteiger partial charge in [-0.15, -0.1) is 0 Å². The SMILES string of the molecule is Cc1ccnc(C2C[C@@H]2C(=O)Nc2cc(N)c(F)cc2F)c1. The van der Waals surface area contributed by atoms with Crippen LogP contribution in [0, 0.1) is 24.5 Å². The van der Waals surface area contributed by atoms with Gasteiger partial charge in [-0.25, -0.2) is 8.78 Å². The number of carbonyl (C=O) groups is 1. The van der Waals surface area contributed by atoms with Crippen LogP contribution in [-0.2, 0) is 4.79 Å². The molecule has 1 aliphatic carbocycles. The number of rotatable bonds is 3. The highest BCUT2D eigenvalue weighted by molar-refractivity contribution is 5.95. The molecule has 0 aliphatic heterocycles. The number of nitrogens with one attached hydrogen (secondary N) is 1. The summed E-state index contributed by atoms with van der Waals surface area (Å²) >= 11 is 0. The topological polar surface area (TPSA) is 68.0 Å². The minimum atomic E-state index is -0.844. The summed E-state index contributed by atoms with van der Waals surface area (Å²) in [6, 6.07) is 5.58. The van der Waals surface area contributed by atoms with E-state index in [9.17, 15) is 13.6 Å². The van der Waals surface area contributed by atoms with Crippen LogP contribution in [0.2, 0.25) is 0 Å². The number of benzene rings is 1. The van der Waals surface area contributed by atoms with E-state index < -0.39 is 11.6 Å². The van der Waals surface area contributed by atoms with Crippen LogP contribution in [0.15, 0.2) is 30.5 Å². The highest BCUT2D eigenvalue weighted by Gasteiger charge is 2.45. The van der Waals surface area contributed by atoms with Gasteiger partial charge in [0.25, 0.3) is 0 Å². The highest BCUT2D eigenvalue weighted by atomic mass is 19.1. The Morgan fingerprint density at radius 3 is 2.82 bits per heavy atom. The molecule has 1 saturated carbocycles. The van der Waals surface area contributed by atoms with Crippen molar-refractivity contribution in [1.82, 2.24) is 4.98 Å². The number of hydrogen-bond donors (Lipinski definition) is 2. The monoisotopic (exact) mass is 303 g/mol. The van der Waals surface area contributed by atoms with E-state index in [0.717, 1.165) is 17.3 Å². The Kier molecular flexibility index (Phi) is 3.52. The fourth-order valence-corrected chi connectivity index (χ4v) is 2.46. The van der Waals surface area contributed by atoms with Gasteiger partial charge in [-0.2, -0.15) is 0 Å². The summed E-state index contributed by atoms with van der Waals surface area (Å²) < 4.78 is 26.7. The molecule has 1 fully saturated rings. The average molecular weight is 303 g/mol. The minimum Gasteiger partial charge on any atom is -0.396 e. The van der Waals surface area contributed by atoms with Gasteiger partial charge in [0.1, 0.15) is 11.6 Å². The van der Waals surface area contributed by atoms with Crippen molar-refractivity contribution in [2.75, 3.05) is 11.1 Å². The number of amides is 1. The zero-order valence-corrected chi connectivity index (χ0v) is 11.9. The highest BCUT2D eigenvalue weighted by Crippen LogP contribution is 2.47. The van der Waals surface area contributed by atoms with Gasteiger partial charge in [0, 0.05) is 29.8 Å². The lowest BCUT2D eigenvalue weighted by Crippen LogP contribution is -2.16. The van der Waals surface area contributed by atoms with Crippen molar-refractivity contribution in [1.29, 1.82) is 0 Å². The molecule has 22 heavy (non-hydrogen) atoms. The third kappa shape index (κ3) is 2.77. The molecule has 0 bridgehead atoms. The molecule has 2 atom stereocenters. The van der Waals surface area contributed by atoms with Gasteiger partial charge in [-0.05, 0) is 37.1 Å². The van der Waals surface area contributed by atoms with E-state index in [1.807, 2.05) is 19.1 Å². The first-order valence-electron chi connectivity index (χ1n) is 6.93. The second kappa shape index (κ2) is 5.36. The Hall–Kier alpha value is -2.50. The molecule has 0 saturated heterocycles. The summed E-state index contributed by atoms with van der Waals surface area (Å²) in [6.07, 6.45) is 2.37. The van der Waals surface area contributed by atoms with E-state index >= 15 is 0 Å². The Morgan fingerprint density at radius 1 is 1.32 bits per heavy atom. The van der Waals surface area contributed by atoms with Crippen molar-refractivity contribution >= 4 is 17.3 Å². The maximum absolute atomic E-state index is 13.6.